The first-order valence-corrected chi connectivity index (χ1v) is 8.46. The van der Waals surface area contributed by atoms with Gasteiger partial charge in [0.15, 0.2) is 0 Å². The van der Waals surface area contributed by atoms with Gasteiger partial charge in [-0.2, -0.15) is 0 Å². The van der Waals surface area contributed by atoms with Gasteiger partial charge in [0.1, 0.15) is 5.92 Å². The highest BCUT2D eigenvalue weighted by molar-refractivity contribution is 6.05. The van der Waals surface area contributed by atoms with Crippen LogP contribution in [0.2, 0.25) is 0 Å². The summed E-state index contributed by atoms with van der Waals surface area (Å²) in [5.41, 5.74) is 6.37. The fourth-order valence-electron chi connectivity index (χ4n) is 3.00. The molecule has 0 aromatic heterocycles. The monoisotopic (exact) mass is 345 g/mol. The third kappa shape index (κ3) is 4.27. The summed E-state index contributed by atoms with van der Waals surface area (Å²) in [6.45, 7) is 4.07. The number of likely N-dealkylation sites (N-methyl/N-ethyl adjacent to an activating group) is 1. The molecule has 0 radical (unpaired) electrons. The maximum atomic E-state index is 12.0. The maximum Gasteiger partial charge on any atom is 0.251 e. The smallest absolute Gasteiger partial charge is 0.251 e. The van der Waals surface area contributed by atoms with Crippen molar-refractivity contribution in [3.63, 3.8) is 0 Å². The second-order valence-corrected chi connectivity index (χ2v) is 6.46. The highest BCUT2D eigenvalue weighted by Gasteiger charge is 2.32. The third-order valence-corrected chi connectivity index (χ3v) is 4.62. The van der Waals surface area contributed by atoms with E-state index in [-0.39, 0.29) is 30.6 Å². The zero-order chi connectivity index (χ0) is 17.8. The molecule has 0 unspecified atom stereocenters. The van der Waals surface area contributed by atoms with E-state index in [0.717, 1.165) is 31.9 Å². The number of nitrogens with zero attached hydrogens (tertiary/aromatic N) is 2. The fraction of sp³-hybridized carbons (Fsp3) is 0.471. The lowest BCUT2D eigenvalue weighted by Gasteiger charge is -2.34. The number of nitrogens with one attached hydrogen (secondary N) is 3. The first-order valence-electron chi connectivity index (χ1n) is 8.46. The van der Waals surface area contributed by atoms with Crippen LogP contribution in [0.5, 0.6) is 0 Å². The zero-order valence-electron chi connectivity index (χ0n) is 14.2. The van der Waals surface area contributed by atoms with Gasteiger partial charge in [0.05, 0.1) is 0 Å². The van der Waals surface area contributed by atoms with E-state index in [1.807, 2.05) is 24.3 Å². The van der Waals surface area contributed by atoms with E-state index in [9.17, 15) is 14.4 Å². The molecule has 2 heterocycles. The third-order valence-electron chi connectivity index (χ3n) is 4.62. The quantitative estimate of drug-likeness (QED) is 0.650. The Balaban J connectivity index is 1.48. The van der Waals surface area contributed by atoms with E-state index >= 15 is 0 Å². The highest BCUT2D eigenvalue weighted by atomic mass is 16.2. The van der Waals surface area contributed by atoms with Crippen LogP contribution in [0.15, 0.2) is 24.3 Å². The van der Waals surface area contributed by atoms with Gasteiger partial charge in [-0.05, 0) is 37.7 Å². The Morgan fingerprint density at radius 2 is 1.68 bits per heavy atom. The van der Waals surface area contributed by atoms with Crippen LogP contribution in [-0.2, 0) is 14.4 Å². The molecular weight excluding hydrogens is 322 g/mol. The maximum absolute atomic E-state index is 12.0. The van der Waals surface area contributed by atoms with Crippen molar-refractivity contribution in [2.45, 2.75) is 12.8 Å². The summed E-state index contributed by atoms with van der Waals surface area (Å²) in [6.07, 6.45) is 0.314. The predicted octanol–water partition coefficient (Wildman–Crippen LogP) is -0.0657. The molecule has 2 saturated heterocycles. The highest BCUT2D eigenvalue weighted by Crippen LogP contribution is 2.20. The first-order chi connectivity index (χ1) is 12.0. The van der Waals surface area contributed by atoms with Gasteiger partial charge in [0.2, 0.25) is 5.91 Å². The van der Waals surface area contributed by atoms with Gasteiger partial charge in [-0.3, -0.25) is 25.2 Å². The van der Waals surface area contributed by atoms with Crippen molar-refractivity contribution in [1.29, 1.82) is 0 Å². The number of anilines is 2. The van der Waals surface area contributed by atoms with E-state index in [1.165, 1.54) is 0 Å². The minimum atomic E-state index is -0.787. The Kier molecular flexibility index (Phi) is 5.18. The van der Waals surface area contributed by atoms with Crippen LogP contribution in [0.4, 0.5) is 11.4 Å². The molecule has 0 bridgehead atoms. The van der Waals surface area contributed by atoms with Crippen LogP contribution in [0.1, 0.15) is 12.8 Å². The molecule has 25 heavy (non-hydrogen) atoms. The fourth-order valence-corrected chi connectivity index (χ4v) is 3.00. The van der Waals surface area contributed by atoms with Crippen molar-refractivity contribution in [3.8, 4) is 0 Å². The summed E-state index contributed by atoms with van der Waals surface area (Å²) in [5.74, 6) is -1.76. The van der Waals surface area contributed by atoms with Gasteiger partial charge in [-0.15, -0.1) is 0 Å². The van der Waals surface area contributed by atoms with Gasteiger partial charge in [0.25, 0.3) is 11.8 Å². The van der Waals surface area contributed by atoms with Crippen LogP contribution in [0.3, 0.4) is 0 Å². The molecule has 2 aliphatic rings. The molecule has 2 aliphatic heterocycles. The molecule has 0 spiro atoms. The Labute approximate surface area is 146 Å². The van der Waals surface area contributed by atoms with Crippen molar-refractivity contribution in [2.24, 2.45) is 5.92 Å². The molecule has 3 rings (SSSR count). The molecule has 1 aromatic rings. The Morgan fingerprint density at radius 3 is 2.28 bits per heavy atom. The molecule has 2 fully saturated rings. The van der Waals surface area contributed by atoms with Gasteiger partial charge in [-0.25, -0.2) is 0 Å². The van der Waals surface area contributed by atoms with Crippen LogP contribution >= 0.6 is 0 Å². The van der Waals surface area contributed by atoms with Crippen LogP contribution in [0, 0.1) is 5.92 Å². The summed E-state index contributed by atoms with van der Waals surface area (Å²) in [5, 5.41) is 2.80. The van der Waals surface area contributed by atoms with Crippen LogP contribution in [-0.4, -0.2) is 55.8 Å². The average molecular weight is 345 g/mol. The summed E-state index contributed by atoms with van der Waals surface area (Å²) in [7, 11) is 2.12. The zero-order valence-corrected chi connectivity index (χ0v) is 14.2. The van der Waals surface area contributed by atoms with Crippen molar-refractivity contribution < 1.29 is 14.4 Å². The largest absolute Gasteiger partial charge is 0.369 e. The summed E-state index contributed by atoms with van der Waals surface area (Å²) >= 11 is 0. The molecule has 0 saturated carbocycles. The molecule has 1 aromatic carbocycles. The van der Waals surface area contributed by atoms with Crippen LogP contribution in [0.25, 0.3) is 0 Å². The first kappa shape index (κ1) is 17.2. The lowest BCUT2D eigenvalue weighted by Crippen LogP contribution is -2.44. The Morgan fingerprint density at radius 1 is 1.08 bits per heavy atom. The van der Waals surface area contributed by atoms with Crippen molar-refractivity contribution in [2.75, 3.05) is 43.4 Å². The SMILES string of the molecule is CN1CCN(c2ccc(NC(=O)CCC3C(=O)NNC3=O)cc2)CC1. The number of hydrogen-bond acceptors (Lipinski definition) is 5. The predicted molar refractivity (Wildman–Crippen MR) is 93.8 cm³/mol. The average Bonchev–Trinajstić information content (AvgIpc) is 2.93. The molecule has 0 atom stereocenters. The van der Waals surface area contributed by atoms with Gasteiger partial charge < -0.3 is 15.1 Å². The lowest BCUT2D eigenvalue weighted by molar-refractivity contribution is -0.128. The Hall–Kier alpha value is -2.61. The summed E-state index contributed by atoms with van der Waals surface area (Å²) < 4.78 is 0. The van der Waals surface area contributed by atoms with Gasteiger partial charge in [0, 0.05) is 44.0 Å². The standard InChI is InChI=1S/C17H23N5O3/c1-21-8-10-22(11-9-21)13-4-2-12(3-5-13)18-15(23)7-6-14-16(24)19-20-17(14)25/h2-5,14H,6-11H2,1H3,(H,18,23)(H,19,24)(H,20,25). The molecule has 8 heteroatoms. The van der Waals surface area contributed by atoms with Gasteiger partial charge >= 0.3 is 0 Å². The summed E-state index contributed by atoms with van der Waals surface area (Å²) in [4.78, 5) is 39.5. The number of hydrazine groups is 1. The number of carbonyl (C=O) groups is 3. The second-order valence-electron chi connectivity index (χ2n) is 6.46. The van der Waals surface area contributed by atoms with Crippen LogP contribution < -0.4 is 21.1 Å². The molecule has 0 aliphatic carbocycles. The Bertz CT molecular complexity index is 637. The molecular formula is C17H23N5O3. The van der Waals surface area contributed by atoms with E-state index in [1.54, 1.807) is 0 Å². The molecule has 8 nitrogen and oxygen atoms in total. The molecule has 3 amide bonds. The molecule has 134 valence electrons. The van der Waals surface area contributed by atoms with E-state index < -0.39 is 5.92 Å². The number of carbonyl (C=O) groups excluding carboxylic acids is 3. The van der Waals surface area contributed by atoms with Crippen molar-refractivity contribution >= 4 is 29.1 Å². The normalized spacial score (nSPS) is 18.8. The number of amides is 3. The number of piperazine rings is 1. The minimum Gasteiger partial charge on any atom is -0.369 e. The van der Waals surface area contributed by atoms with Crippen molar-refractivity contribution in [3.05, 3.63) is 24.3 Å². The summed E-state index contributed by atoms with van der Waals surface area (Å²) in [6, 6.07) is 7.75. The van der Waals surface area contributed by atoms with Gasteiger partial charge in [-0.1, -0.05) is 0 Å². The number of benzene rings is 1. The van der Waals surface area contributed by atoms with E-state index in [0.29, 0.717) is 5.69 Å². The lowest BCUT2D eigenvalue weighted by atomic mass is 10.0. The molecule has 3 N–H and O–H groups in total. The van der Waals surface area contributed by atoms with E-state index in [2.05, 4.69) is 33.0 Å². The topological polar surface area (TPSA) is 93.8 Å². The van der Waals surface area contributed by atoms with Crippen molar-refractivity contribution in [1.82, 2.24) is 15.8 Å². The minimum absolute atomic E-state index is 0.117. The number of rotatable bonds is 5. The van der Waals surface area contributed by atoms with E-state index in [4.69, 9.17) is 0 Å². The second kappa shape index (κ2) is 7.52. The number of hydrogen-bond donors (Lipinski definition) is 3.